The molecule has 3 fully saturated rings. The Morgan fingerprint density at radius 3 is 2.59 bits per heavy atom. The maximum atomic E-state index is 13.0. The van der Waals surface area contributed by atoms with E-state index >= 15 is 0 Å². The summed E-state index contributed by atoms with van der Waals surface area (Å²) in [6, 6.07) is 18.3. The van der Waals surface area contributed by atoms with E-state index in [1.807, 2.05) is 48.5 Å². The monoisotopic (exact) mass is 522 g/mol. The number of rotatable bonds is 7. The smallest absolute Gasteiger partial charge is 0.227 e. The van der Waals surface area contributed by atoms with Crippen LogP contribution in [0.4, 0.5) is 5.82 Å². The average Bonchev–Trinajstić information content (AvgIpc) is 3.35. The van der Waals surface area contributed by atoms with E-state index in [1.165, 1.54) is 6.20 Å². The molecule has 9 nitrogen and oxygen atoms in total. The Labute approximate surface area is 226 Å². The van der Waals surface area contributed by atoms with Crippen molar-refractivity contribution in [2.45, 2.75) is 44.4 Å². The summed E-state index contributed by atoms with van der Waals surface area (Å²) < 4.78 is 7.46. The van der Waals surface area contributed by atoms with E-state index < -0.39 is 5.60 Å². The predicted octanol–water partition coefficient (Wildman–Crippen LogP) is 3.45. The SMILES string of the molecule is CC(C)(O)COc1cc(-c2ccc(N3CC4CC(C3)N4C(=O)Cc3ccccc3)nc2)c2c(C#N)cnn2c1. The van der Waals surface area contributed by atoms with E-state index in [0.29, 0.717) is 23.3 Å². The van der Waals surface area contributed by atoms with Crippen LogP contribution in [0.3, 0.4) is 0 Å². The number of aromatic nitrogens is 3. The van der Waals surface area contributed by atoms with E-state index in [0.717, 1.165) is 42.0 Å². The fourth-order valence-corrected chi connectivity index (χ4v) is 5.54. The van der Waals surface area contributed by atoms with Crippen molar-refractivity contribution in [2.24, 2.45) is 0 Å². The van der Waals surface area contributed by atoms with Crippen molar-refractivity contribution in [3.63, 3.8) is 0 Å². The Morgan fingerprint density at radius 2 is 1.92 bits per heavy atom. The number of carbonyl (C=O) groups excluding carboxylic acids is 1. The van der Waals surface area contributed by atoms with Gasteiger partial charge in [-0.25, -0.2) is 9.50 Å². The van der Waals surface area contributed by atoms with Crippen molar-refractivity contribution in [3.05, 3.63) is 78.2 Å². The zero-order valence-electron chi connectivity index (χ0n) is 22.0. The molecular formula is C30H30N6O3. The summed E-state index contributed by atoms with van der Waals surface area (Å²) in [5.74, 6) is 1.59. The molecule has 9 heteroatoms. The van der Waals surface area contributed by atoms with Gasteiger partial charge in [-0.3, -0.25) is 4.79 Å². The molecule has 2 atom stereocenters. The quantitative estimate of drug-likeness (QED) is 0.396. The number of aliphatic hydroxyl groups is 1. The number of hydrogen-bond acceptors (Lipinski definition) is 7. The first kappa shape index (κ1) is 24.9. The van der Waals surface area contributed by atoms with Gasteiger partial charge < -0.3 is 19.6 Å². The minimum Gasteiger partial charge on any atom is -0.489 e. The van der Waals surface area contributed by atoms with Crippen LogP contribution in [0.5, 0.6) is 5.75 Å². The largest absolute Gasteiger partial charge is 0.489 e. The van der Waals surface area contributed by atoms with Gasteiger partial charge in [0.15, 0.2) is 0 Å². The van der Waals surface area contributed by atoms with Crippen LogP contribution >= 0.6 is 0 Å². The lowest BCUT2D eigenvalue weighted by molar-refractivity contribution is -0.145. The van der Waals surface area contributed by atoms with E-state index in [1.54, 1.807) is 30.8 Å². The van der Waals surface area contributed by atoms with Crippen molar-refractivity contribution >= 4 is 17.2 Å². The van der Waals surface area contributed by atoms with E-state index in [9.17, 15) is 15.2 Å². The van der Waals surface area contributed by atoms with Gasteiger partial charge in [0, 0.05) is 30.4 Å². The molecule has 6 heterocycles. The number of nitrogens with zero attached hydrogens (tertiary/aromatic N) is 6. The van der Waals surface area contributed by atoms with Gasteiger partial charge in [-0.15, -0.1) is 0 Å². The molecule has 7 rings (SSSR count). The lowest BCUT2D eigenvalue weighted by atomic mass is 9.86. The second-order valence-corrected chi connectivity index (χ2v) is 11.0. The number of hydrogen-bond donors (Lipinski definition) is 1. The molecule has 3 aliphatic rings. The topological polar surface area (TPSA) is 107 Å². The molecule has 39 heavy (non-hydrogen) atoms. The molecule has 198 valence electrons. The molecule has 3 saturated heterocycles. The van der Waals surface area contributed by atoms with Crippen LogP contribution in [-0.2, 0) is 11.2 Å². The number of piperidine rings is 1. The number of pyridine rings is 2. The Hall–Kier alpha value is -4.42. The van der Waals surface area contributed by atoms with E-state index in [-0.39, 0.29) is 24.6 Å². The van der Waals surface area contributed by atoms with Gasteiger partial charge in [0.1, 0.15) is 24.2 Å². The number of benzene rings is 1. The standard InChI is InChI=1S/C30H30N6O3/c1-30(2,38)19-39-25-12-26(29-22(13-31)15-33-35(29)18-25)21-8-9-27(32-14-21)34-16-23-11-24(17-34)36(23)28(37)10-20-6-4-3-5-7-20/h3-9,12,14-15,18,23-24,38H,10-11,16-17,19H2,1-2H3. The first-order chi connectivity index (χ1) is 18.8. The highest BCUT2D eigenvalue weighted by Gasteiger charge is 2.47. The van der Waals surface area contributed by atoms with Gasteiger partial charge in [-0.2, -0.15) is 10.4 Å². The first-order valence-corrected chi connectivity index (χ1v) is 13.1. The molecule has 0 aliphatic carbocycles. The highest BCUT2D eigenvalue weighted by molar-refractivity contribution is 5.85. The third kappa shape index (κ3) is 4.91. The number of fused-ring (bicyclic) bond motifs is 3. The second kappa shape index (κ2) is 9.71. The van der Waals surface area contributed by atoms with Crippen molar-refractivity contribution in [1.82, 2.24) is 19.5 Å². The summed E-state index contributed by atoms with van der Waals surface area (Å²) in [6.45, 7) is 4.99. The Balaban J connectivity index is 1.20. The summed E-state index contributed by atoms with van der Waals surface area (Å²) in [5, 5.41) is 24.1. The maximum absolute atomic E-state index is 13.0. The van der Waals surface area contributed by atoms with Gasteiger partial charge in [-0.05, 0) is 44.0 Å². The van der Waals surface area contributed by atoms with Crippen molar-refractivity contribution in [3.8, 4) is 22.9 Å². The van der Waals surface area contributed by atoms with Gasteiger partial charge >= 0.3 is 0 Å². The third-order valence-corrected chi connectivity index (χ3v) is 7.36. The Kier molecular flexibility index (Phi) is 6.20. The fraction of sp³-hybridized carbons (Fsp3) is 0.333. The van der Waals surface area contributed by atoms with Crippen molar-refractivity contribution in [2.75, 3.05) is 24.6 Å². The summed E-state index contributed by atoms with van der Waals surface area (Å²) >= 11 is 0. The molecule has 3 aromatic heterocycles. The van der Waals surface area contributed by atoms with Gasteiger partial charge in [0.05, 0.1) is 47.6 Å². The summed E-state index contributed by atoms with van der Waals surface area (Å²) in [4.78, 5) is 22.0. The molecule has 0 radical (unpaired) electrons. The summed E-state index contributed by atoms with van der Waals surface area (Å²) in [5.41, 5.74) is 2.79. The van der Waals surface area contributed by atoms with Crippen LogP contribution in [0.2, 0.25) is 0 Å². The minimum atomic E-state index is -0.989. The number of nitriles is 1. The highest BCUT2D eigenvalue weighted by atomic mass is 16.5. The number of piperazine rings is 1. The number of ether oxygens (including phenoxy) is 1. The van der Waals surface area contributed by atoms with Crippen LogP contribution in [0, 0.1) is 11.3 Å². The fourth-order valence-electron chi connectivity index (χ4n) is 5.54. The van der Waals surface area contributed by atoms with Gasteiger partial charge in [0.2, 0.25) is 5.91 Å². The maximum Gasteiger partial charge on any atom is 0.227 e. The molecule has 0 saturated carbocycles. The lowest BCUT2D eigenvalue weighted by Crippen LogP contribution is -2.70. The zero-order chi connectivity index (χ0) is 27.1. The zero-order valence-corrected chi connectivity index (χ0v) is 22.0. The van der Waals surface area contributed by atoms with Crippen molar-refractivity contribution in [1.29, 1.82) is 5.26 Å². The highest BCUT2D eigenvalue weighted by Crippen LogP contribution is 2.36. The lowest BCUT2D eigenvalue weighted by Gasteiger charge is -2.56. The first-order valence-electron chi connectivity index (χ1n) is 13.1. The van der Waals surface area contributed by atoms with Crippen LogP contribution in [-0.4, -0.2) is 67.9 Å². The van der Waals surface area contributed by atoms with Crippen LogP contribution < -0.4 is 9.64 Å². The Morgan fingerprint density at radius 1 is 1.15 bits per heavy atom. The molecule has 3 aliphatic heterocycles. The molecule has 2 unspecified atom stereocenters. The number of amides is 1. The van der Waals surface area contributed by atoms with E-state index in [2.05, 4.69) is 21.0 Å². The van der Waals surface area contributed by atoms with Gasteiger partial charge in [-0.1, -0.05) is 30.3 Å². The second-order valence-electron chi connectivity index (χ2n) is 11.0. The van der Waals surface area contributed by atoms with Crippen LogP contribution in [0.1, 0.15) is 31.4 Å². The van der Waals surface area contributed by atoms with E-state index in [4.69, 9.17) is 9.72 Å². The normalized spacial score (nSPS) is 18.5. The Bertz CT molecular complexity index is 1540. The molecule has 2 bridgehead atoms. The molecular weight excluding hydrogens is 492 g/mol. The number of anilines is 1. The minimum absolute atomic E-state index is 0.115. The van der Waals surface area contributed by atoms with Crippen LogP contribution in [0.15, 0.2) is 67.1 Å². The van der Waals surface area contributed by atoms with Crippen LogP contribution in [0.25, 0.3) is 16.6 Å². The number of carbonyl (C=O) groups is 1. The predicted molar refractivity (Wildman–Crippen MR) is 146 cm³/mol. The third-order valence-electron chi connectivity index (χ3n) is 7.36. The average molecular weight is 523 g/mol. The molecule has 1 aromatic carbocycles. The van der Waals surface area contributed by atoms with Crippen molar-refractivity contribution < 1.29 is 14.6 Å². The summed E-state index contributed by atoms with van der Waals surface area (Å²) in [6.07, 6.45) is 6.51. The summed E-state index contributed by atoms with van der Waals surface area (Å²) in [7, 11) is 0. The molecule has 0 spiro atoms. The molecule has 1 amide bonds. The van der Waals surface area contributed by atoms with Gasteiger partial charge in [0.25, 0.3) is 0 Å². The molecule has 4 aromatic rings. The molecule has 1 N–H and O–H groups in total.